The second kappa shape index (κ2) is 6.48. The smallest absolute Gasteiger partial charge is 0.335 e. The maximum Gasteiger partial charge on any atom is 0.335 e. The number of carbonyl (C=O) groups is 3. The number of hydrogen-bond donors (Lipinski definition) is 1. The van der Waals surface area contributed by atoms with E-state index in [2.05, 4.69) is 0 Å². The summed E-state index contributed by atoms with van der Waals surface area (Å²) >= 11 is 0. The number of methoxy groups -OCH3 is 2. The summed E-state index contributed by atoms with van der Waals surface area (Å²) in [5, 5.41) is 8.89. The second-order valence-corrected chi connectivity index (χ2v) is 5.01. The van der Waals surface area contributed by atoms with Gasteiger partial charge in [-0.2, -0.15) is 0 Å². The number of allylic oxidation sites excluding steroid dienone is 2. The molecule has 0 bridgehead atoms. The molecule has 0 aliphatic heterocycles. The lowest BCUT2D eigenvalue weighted by atomic mass is 9.89. The van der Waals surface area contributed by atoms with Gasteiger partial charge in [0.2, 0.25) is 23.1 Å². The van der Waals surface area contributed by atoms with Gasteiger partial charge in [-0.3, -0.25) is 9.59 Å². The van der Waals surface area contributed by atoms with E-state index in [1.807, 2.05) is 0 Å². The summed E-state index contributed by atoms with van der Waals surface area (Å²) in [4.78, 5) is 35.6. The zero-order chi connectivity index (χ0) is 17.1. The third-order valence-electron chi connectivity index (χ3n) is 3.68. The molecule has 0 unspecified atom stereocenters. The minimum Gasteiger partial charge on any atom is -0.489 e. The largest absolute Gasteiger partial charge is 0.489 e. The molecule has 1 aromatic rings. The van der Waals surface area contributed by atoms with Crippen LogP contribution in [0.2, 0.25) is 0 Å². The van der Waals surface area contributed by atoms with Crippen LogP contribution in [0.1, 0.15) is 22.8 Å². The van der Waals surface area contributed by atoms with E-state index in [4.69, 9.17) is 14.6 Å². The molecule has 2 rings (SSSR count). The predicted octanol–water partition coefficient (Wildman–Crippen LogP) is 1.90. The van der Waals surface area contributed by atoms with Crippen molar-refractivity contribution in [2.24, 2.45) is 0 Å². The van der Waals surface area contributed by atoms with Crippen LogP contribution in [0.4, 0.5) is 0 Å². The molecule has 0 heterocycles. The van der Waals surface area contributed by atoms with Gasteiger partial charge in [0.15, 0.2) is 0 Å². The topological polar surface area (TPSA) is 89.9 Å². The van der Waals surface area contributed by atoms with Gasteiger partial charge < -0.3 is 14.6 Å². The van der Waals surface area contributed by atoms with Crippen molar-refractivity contribution in [2.75, 3.05) is 14.2 Å². The van der Waals surface area contributed by atoms with Gasteiger partial charge in [-0.15, -0.1) is 0 Å². The number of Topliss-reactive ketones (excluding diaryl/α,β-unsaturated/α-hetero) is 2. The van der Waals surface area contributed by atoms with Gasteiger partial charge in [0.05, 0.1) is 19.8 Å². The summed E-state index contributed by atoms with van der Waals surface area (Å²) in [6, 6.07) is 6.14. The average molecular weight is 316 g/mol. The van der Waals surface area contributed by atoms with Crippen LogP contribution < -0.4 is 0 Å². The Morgan fingerprint density at radius 1 is 1.00 bits per heavy atom. The number of hydrogen-bond acceptors (Lipinski definition) is 5. The van der Waals surface area contributed by atoms with Crippen LogP contribution in [0, 0.1) is 0 Å². The highest BCUT2D eigenvalue weighted by Gasteiger charge is 2.34. The third-order valence-corrected chi connectivity index (χ3v) is 3.68. The van der Waals surface area contributed by atoms with Gasteiger partial charge in [-0.05, 0) is 24.6 Å². The highest BCUT2D eigenvalue weighted by atomic mass is 16.5. The Morgan fingerprint density at radius 3 is 2.00 bits per heavy atom. The fraction of sp³-hybridized carbons (Fsp3) is 0.235. The summed E-state index contributed by atoms with van der Waals surface area (Å²) in [7, 11) is 2.61. The first-order chi connectivity index (χ1) is 10.9. The number of rotatable bonds is 5. The minimum absolute atomic E-state index is 0.0972. The monoisotopic (exact) mass is 316 g/mol. The molecule has 1 N–H and O–H groups in total. The maximum absolute atomic E-state index is 12.5. The molecule has 6 nitrogen and oxygen atoms in total. The highest BCUT2D eigenvalue weighted by Crippen LogP contribution is 2.27. The van der Waals surface area contributed by atoms with Crippen LogP contribution in [0.3, 0.4) is 0 Å². The van der Waals surface area contributed by atoms with Crippen molar-refractivity contribution in [2.45, 2.75) is 13.3 Å². The Bertz CT molecular complexity index is 737. The summed E-state index contributed by atoms with van der Waals surface area (Å²) in [5.74, 6) is -2.02. The molecule has 6 heteroatoms. The van der Waals surface area contributed by atoms with E-state index >= 15 is 0 Å². The predicted molar refractivity (Wildman–Crippen MR) is 80.9 cm³/mol. The molecule has 0 amide bonds. The van der Waals surface area contributed by atoms with Gasteiger partial charge >= 0.3 is 5.97 Å². The lowest BCUT2D eigenvalue weighted by Gasteiger charge is -2.20. The zero-order valence-corrected chi connectivity index (χ0v) is 13.0. The maximum atomic E-state index is 12.5. The zero-order valence-electron chi connectivity index (χ0n) is 13.0. The number of carboxylic acid groups (broad SMARTS) is 1. The highest BCUT2D eigenvalue weighted by molar-refractivity contribution is 6.23. The Hall–Kier alpha value is -2.89. The fourth-order valence-electron chi connectivity index (χ4n) is 2.37. The van der Waals surface area contributed by atoms with E-state index in [-0.39, 0.29) is 29.3 Å². The van der Waals surface area contributed by atoms with Crippen LogP contribution in [0.25, 0.3) is 0 Å². The number of ether oxygens (including phenoxy) is 2. The number of carboxylic acids is 1. The molecule has 0 saturated heterocycles. The molecule has 0 radical (unpaired) electrons. The lowest BCUT2D eigenvalue weighted by Crippen LogP contribution is -2.26. The van der Waals surface area contributed by atoms with E-state index in [1.165, 1.54) is 26.4 Å². The molecule has 23 heavy (non-hydrogen) atoms. The summed E-state index contributed by atoms with van der Waals surface area (Å²) < 4.78 is 9.99. The Kier molecular flexibility index (Phi) is 4.64. The van der Waals surface area contributed by atoms with Crippen LogP contribution in [0.15, 0.2) is 46.9 Å². The Labute approximate surface area is 133 Å². The van der Waals surface area contributed by atoms with Crippen LogP contribution >= 0.6 is 0 Å². The number of benzene rings is 1. The summed E-state index contributed by atoms with van der Waals surface area (Å²) in [6.45, 7) is 1.56. The van der Waals surface area contributed by atoms with Crippen LogP contribution in [-0.2, 0) is 25.5 Å². The van der Waals surface area contributed by atoms with Gasteiger partial charge in [0, 0.05) is 17.6 Å². The number of aromatic carboxylic acids is 1. The van der Waals surface area contributed by atoms with Crippen molar-refractivity contribution >= 4 is 17.5 Å². The first kappa shape index (κ1) is 16.5. The molecule has 0 fully saturated rings. The molecule has 1 aliphatic carbocycles. The van der Waals surface area contributed by atoms with Crippen molar-refractivity contribution < 1.29 is 29.0 Å². The van der Waals surface area contributed by atoms with Crippen molar-refractivity contribution in [1.29, 1.82) is 0 Å². The molecule has 1 aliphatic rings. The minimum atomic E-state index is -1.02. The standard InChI is InChI=1S/C17H16O6/c1-9-12(8-10-4-6-11(7-5-10)17(20)21)14(19)16(23-3)15(22-2)13(9)18/h4-7H,8H2,1-3H3,(H,20,21). The van der Waals surface area contributed by atoms with E-state index in [9.17, 15) is 14.4 Å². The van der Waals surface area contributed by atoms with Crippen molar-refractivity contribution in [3.8, 4) is 0 Å². The van der Waals surface area contributed by atoms with E-state index in [1.54, 1.807) is 19.1 Å². The quantitative estimate of drug-likeness (QED) is 0.834. The third kappa shape index (κ3) is 3.01. The van der Waals surface area contributed by atoms with Crippen molar-refractivity contribution in [3.63, 3.8) is 0 Å². The Balaban J connectivity index is 2.35. The molecule has 1 aromatic carbocycles. The SMILES string of the molecule is COC1=C(OC)C(=O)C(Cc2ccc(C(=O)O)cc2)=C(C)C1=O. The molecular weight excluding hydrogens is 300 g/mol. The second-order valence-electron chi connectivity index (χ2n) is 5.01. The lowest BCUT2D eigenvalue weighted by molar-refractivity contribution is -0.121. The molecule has 0 aromatic heterocycles. The van der Waals surface area contributed by atoms with E-state index in [0.717, 1.165) is 5.56 Å². The Morgan fingerprint density at radius 2 is 1.52 bits per heavy atom. The molecular formula is C17H16O6. The summed E-state index contributed by atoms with van der Waals surface area (Å²) in [6.07, 6.45) is 0.208. The number of carbonyl (C=O) groups excluding carboxylic acids is 2. The van der Waals surface area contributed by atoms with Gasteiger partial charge in [0.1, 0.15) is 0 Å². The fourth-order valence-corrected chi connectivity index (χ4v) is 2.37. The first-order valence-electron chi connectivity index (χ1n) is 6.84. The summed E-state index contributed by atoms with van der Waals surface area (Å²) in [5.41, 5.74) is 1.50. The molecule has 0 saturated carbocycles. The van der Waals surface area contributed by atoms with Gasteiger partial charge in [-0.25, -0.2) is 4.79 Å². The van der Waals surface area contributed by atoms with Crippen molar-refractivity contribution in [3.05, 3.63) is 58.1 Å². The van der Waals surface area contributed by atoms with E-state index in [0.29, 0.717) is 11.1 Å². The molecule has 0 spiro atoms. The van der Waals surface area contributed by atoms with Gasteiger partial charge in [0.25, 0.3) is 0 Å². The first-order valence-corrected chi connectivity index (χ1v) is 6.84. The van der Waals surface area contributed by atoms with Crippen molar-refractivity contribution in [1.82, 2.24) is 0 Å². The van der Waals surface area contributed by atoms with Crippen LogP contribution in [0.5, 0.6) is 0 Å². The molecule has 120 valence electrons. The molecule has 0 atom stereocenters. The average Bonchev–Trinajstić information content (AvgIpc) is 2.55. The van der Waals surface area contributed by atoms with E-state index < -0.39 is 11.8 Å². The number of ketones is 2. The normalized spacial score (nSPS) is 15.1. The van der Waals surface area contributed by atoms with Crippen LogP contribution in [-0.4, -0.2) is 36.9 Å². The van der Waals surface area contributed by atoms with Gasteiger partial charge in [-0.1, -0.05) is 12.1 Å².